The van der Waals surface area contributed by atoms with Crippen LogP contribution in [0.25, 0.3) is 0 Å². The Balaban J connectivity index is 2.09. The van der Waals surface area contributed by atoms with Crippen LogP contribution in [-0.4, -0.2) is 25.4 Å². The van der Waals surface area contributed by atoms with E-state index in [1.165, 1.54) is 6.26 Å². The second-order valence-corrected chi connectivity index (χ2v) is 3.55. The minimum atomic E-state index is -4.27. The van der Waals surface area contributed by atoms with Crippen molar-refractivity contribution in [3.8, 4) is 0 Å². The maximum atomic E-state index is 11.7. The van der Waals surface area contributed by atoms with Crippen molar-refractivity contribution in [2.75, 3.05) is 13.2 Å². The van der Waals surface area contributed by atoms with Crippen LogP contribution in [0.15, 0.2) is 23.0 Å². The van der Waals surface area contributed by atoms with Crippen molar-refractivity contribution >= 4 is 0 Å². The van der Waals surface area contributed by atoms with E-state index in [-0.39, 0.29) is 12.6 Å². The van der Waals surface area contributed by atoms with E-state index >= 15 is 0 Å². The van der Waals surface area contributed by atoms with Gasteiger partial charge in [-0.25, -0.2) is 0 Å². The van der Waals surface area contributed by atoms with Crippen LogP contribution in [0.2, 0.25) is 0 Å². The third-order valence-electron chi connectivity index (χ3n) is 1.98. The summed E-state index contributed by atoms with van der Waals surface area (Å²) in [6.45, 7) is -1.20. The fraction of sp³-hybridized carbons (Fsp3) is 0.600. The molecular weight excluding hydrogens is 223 g/mol. The molecule has 1 atom stereocenters. The van der Waals surface area contributed by atoms with Gasteiger partial charge in [0.15, 0.2) is 0 Å². The molecule has 1 heterocycles. The third kappa shape index (κ3) is 5.77. The van der Waals surface area contributed by atoms with E-state index in [1.54, 1.807) is 12.3 Å². The molecule has 0 bridgehead atoms. The van der Waals surface area contributed by atoms with Crippen molar-refractivity contribution < 1.29 is 22.3 Å². The molecule has 0 fully saturated rings. The van der Waals surface area contributed by atoms with Gasteiger partial charge in [-0.15, -0.1) is 0 Å². The summed E-state index contributed by atoms with van der Waals surface area (Å²) in [4.78, 5) is 0. The van der Waals surface area contributed by atoms with Crippen molar-refractivity contribution in [3.63, 3.8) is 0 Å². The summed E-state index contributed by atoms with van der Waals surface area (Å²) in [7, 11) is 0. The third-order valence-corrected chi connectivity index (χ3v) is 1.98. The number of hydrogen-bond acceptors (Lipinski definition) is 3. The van der Waals surface area contributed by atoms with E-state index in [0.29, 0.717) is 12.8 Å². The highest BCUT2D eigenvalue weighted by Gasteiger charge is 2.27. The van der Waals surface area contributed by atoms with Gasteiger partial charge in [0.1, 0.15) is 6.61 Å². The first-order valence-corrected chi connectivity index (χ1v) is 4.88. The summed E-state index contributed by atoms with van der Waals surface area (Å²) in [6, 6.07) is 1.56. The zero-order valence-electron chi connectivity index (χ0n) is 8.67. The first-order valence-electron chi connectivity index (χ1n) is 4.88. The summed E-state index contributed by atoms with van der Waals surface area (Å²) in [5.41, 5.74) is 6.65. The number of halogens is 3. The second kappa shape index (κ2) is 5.91. The highest BCUT2D eigenvalue weighted by atomic mass is 19.4. The molecule has 1 aromatic rings. The first kappa shape index (κ1) is 13.1. The maximum absolute atomic E-state index is 11.7. The minimum absolute atomic E-state index is 0.0124. The average molecular weight is 237 g/mol. The van der Waals surface area contributed by atoms with Crippen molar-refractivity contribution in [2.24, 2.45) is 5.73 Å². The lowest BCUT2D eigenvalue weighted by Crippen LogP contribution is -2.26. The molecule has 1 rings (SSSR count). The predicted octanol–water partition coefficient (Wildman–Crippen LogP) is 2.12. The molecule has 2 N–H and O–H groups in total. The molecule has 0 amide bonds. The van der Waals surface area contributed by atoms with Gasteiger partial charge in [0.05, 0.1) is 12.5 Å². The SMILES string of the molecule is NC(CCOCC(F)(F)F)Cc1ccoc1. The van der Waals surface area contributed by atoms with Gasteiger partial charge in [0, 0.05) is 12.6 Å². The van der Waals surface area contributed by atoms with E-state index in [2.05, 4.69) is 4.74 Å². The average Bonchev–Trinajstić information content (AvgIpc) is 2.63. The van der Waals surface area contributed by atoms with Crippen molar-refractivity contribution in [2.45, 2.75) is 25.1 Å². The molecule has 3 nitrogen and oxygen atoms in total. The van der Waals surface area contributed by atoms with Gasteiger partial charge in [-0.2, -0.15) is 13.2 Å². The van der Waals surface area contributed by atoms with Gasteiger partial charge >= 0.3 is 6.18 Å². The number of alkyl halides is 3. The fourth-order valence-electron chi connectivity index (χ4n) is 1.24. The smallest absolute Gasteiger partial charge is 0.411 e. The van der Waals surface area contributed by atoms with E-state index < -0.39 is 12.8 Å². The van der Waals surface area contributed by atoms with Crippen LogP contribution in [0.4, 0.5) is 13.2 Å². The Morgan fingerprint density at radius 3 is 2.75 bits per heavy atom. The van der Waals surface area contributed by atoms with Gasteiger partial charge in [-0.05, 0) is 24.5 Å². The van der Waals surface area contributed by atoms with Crippen molar-refractivity contribution in [1.29, 1.82) is 0 Å². The molecule has 0 radical (unpaired) electrons. The van der Waals surface area contributed by atoms with Crippen LogP contribution in [0.5, 0.6) is 0 Å². The maximum Gasteiger partial charge on any atom is 0.411 e. The number of nitrogens with two attached hydrogens (primary N) is 1. The van der Waals surface area contributed by atoms with E-state index in [0.717, 1.165) is 5.56 Å². The molecular formula is C10H14F3NO2. The topological polar surface area (TPSA) is 48.4 Å². The van der Waals surface area contributed by atoms with Gasteiger partial charge in [-0.3, -0.25) is 0 Å². The van der Waals surface area contributed by atoms with E-state index in [9.17, 15) is 13.2 Å². The van der Waals surface area contributed by atoms with Crippen molar-refractivity contribution in [3.05, 3.63) is 24.2 Å². The molecule has 1 unspecified atom stereocenters. The summed E-state index contributed by atoms with van der Waals surface area (Å²) in [6.07, 6.45) is -0.208. The lowest BCUT2D eigenvalue weighted by Gasteiger charge is -2.11. The molecule has 0 saturated heterocycles. The fourth-order valence-corrected chi connectivity index (χ4v) is 1.24. The molecule has 16 heavy (non-hydrogen) atoms. The van der Waals surface area contributed by atoms with Crippen LogP contribution in [-0.2, 0) is 11.2 Å². The molecule has 1 aromatic heterocycles. The van der Waals surface area contributed by atoms with Crippen LogP contribution in [0.3, 0.4) is 0 Å². The Labute approximate surface area is 91.4 Å². The van der Waals surface area contributed by atoms with Gasteiger partial charge in [0.2, 0.25) is 0 Å². The van der Waals surface area contributed by atoms with Crippen LogP contribution in [0.1, 0.15) is 12.0 Å². The summed E-state index contributed by atoms with van der Waals surface area (Å²) in [5.74, 6) is 0. The number of ether oxygens (including phenoxy) is 1. The quantitative estimate of drug-likeness (QED) is 0.771. The Morgan fingerprint density at radius 2 is 2.19 bits per heavy atom. The molecule has 0 aliphatic rings. The monoisotopic (exact) mass is 237 g/mol. The zero-order chi connectivity index (χ0) is 12.0. The Kier molecular flexibility index (Phi) is 4.82. The first-order chi connectivity index (χ1) is 7.47. The Morgan fingerprint density at radius 1 is 1.44 bits per heavy atom. The van der Waals surface area contributed by atoms with Crippen LogP contribution >= 0.6 is 0 Å². The van der Waals surface area contributed by atoms with Crippen molar-refractivity contribution in [1.82, 2.24) is 0 Å². The van der Waals surface area contributed by atoms with Crippen LogP contribution in [0, 0.1) is 0 Å². The highest BCUT2D eigenvalue weighted by Crippen LogP contribution is 2.14. The Bertz CT molecular complexity index is 285. The molecule has 0 aliphatic carbocycles. The van der Waals surface area contributed by atoms with Gasteiger partial charge < -0.3 is 14.9 Å². The standard InChI is InChI=1S/C10H14F3NO2/c11-10(12,13)7-16-4-2-9(14)5-8-1-3-15-6-8/h1,3,6,9H,2,4-5,7,14H2. The predicted molar refractivity (Wildman–Crippen MR) is 51.9 cm³/mol. The molecule has 0 aromatic carbocycles. The number of rotatable bonds is 6. The summed E-state index contributed by atoms with van der Waals surface area (Å²) < 4.78 is 44.5. The molecule has 92 valence electrons. The Hall–Kier alpha value is -1.01. The van der Waals surface area contributed by atoms with E-state index in [4.69, 9.17) is 10.2 Å². The minimum Gasteiger partial charge on any atom is -0.472 e. The largest absolute Gasteiger partial charge is 0.472 e. The molecule has 0 saturated carbocycles. The van der Waals surface area contributed by atoms with Crippen LogP contribution < -0.4 is 5.73 Å². The number of furan rings is 1. The summed E-state index contributed by atoms with van der Waals surface area (Å²) >= 11 is 0. The van der Waals surface area contributed by atoms with Gasteiger partial charge in [0.25, 0.3) is 0 Å². The van der Waals surface area contributed by atoms with E-state index in [1.807, 2.05) is 0 Å². The number of hydrogen-bond donors (Lipinski definition) is 1. The molecule has 0 aliphatic heterocycles. The summed E-state index contributed by atoms with van der Waals surface area (Å²) in [5, 5.41) is 0. The molecule has 6 heteroatoms. The molecule has 0 spiro atoms. The lowest BCUT2D eigenvalue weighted by molar-refractivity contribution is -0.174. The lowest BCUT2D eigenvalue weighted by atomic mass is 10.1. The van der Waals surface area contributed by atoms with Gasteiger partial charge in [-0.1, -0.05) is 0 Å². The zero-order valence-corrected chi connectivity index (χ0v) is 8.67. The second-order valence-electron chi connectivity index (χ2n) is 3.55. The normalized spacial score (nSPS) is 14.0. The highest BCUT2D eigenvalue weighted by molar-refractivity contribution is 5.06.